The number of hydrogen-bond acceptors (Lipinski definition) is 5. The number of aliphatic hydroxyl groups excluding tert-OH is 1. The molecule has 0 saturated heterocycles. The maximum atomic E-state index is 12.0. The Kier molecular flexibility index (Phi) is 5.34. The molecular weight excluding hydrogens is 293 g/mol. The minimum atomic E-state index is -4.82. The summed E-state index contributed by atoms with van der Waals surface area (Å²) in [6, 6.07) is 4.13. The van der Waals surface area contributed by atoms with Crippen molar-refractivity contribution in [1.82, 2.24) is 0 Å². The van der Waals surface area contributed by atoms with Crippen LogP contribution in [0.1, 0.15) is 12.5 Å². The van der Waals surface area contributed by atoms with E-state index in [9.17, 15) is 27.9 Å². The van der Waals surface area contributed by atoms with E-state index in [2.05, 4.69) is 9.47 Å². The number of esters is 1. The Hall–Kier alpha value is -2.51. The largest absolute Gasteiger partial charge is 0.573 e. The number of carbonyl (C=O) groups excluding carboxylic acids is 2. The van der Waals surface area contributed by atoms with E-state index >= 15 is 0 Å². The monoisotopic (exact) mass is 304 g/mol. The van der Waals surface area contributed by atoms with Gasteiger partial charge in [-0.1, -0.05) is 0 Å². The predicted molar refractivity (Wildman–Crippen MR) is 65.4 cm³/mol. The lowest BCUT2D eigenvalue weighted by atomic mass is 10.1. The summed E-state index contributed by atoms with van der Waals surface area (Å²) < 4.78 is 43.9. The molecule has 0 unspecified atom stereocenters. The van der Waals surface area contributed by atoms with Crippen molar-refractivity contribution in [1.29, 1.82) is 0 Å². The molecule has 0 atom stereocenters. The molecule has 0 aromatic heterocycles. The van der Waals surface area contributed by atoms with Crippen molar-refractivity contribution < 1.29 is 37.3 Å². The molecule has 0 amide bonds. The molecule has 8 heteroatoms. The highest BCUT2D eigenvalue weighted by atomic mass is 19.4. The number of benzene rings is 1. The van der Waals surface area contributed by atoms with E-state index in [-0.39, 0.29) is 12.2 Å². The molecule has 1 aromatic rings. The van der Waals surface area contributed by atoms with E-state index in [1.807, 2.05) is 0 Å². The lowest BCUT2D eigenvalue weighted by molar-refractivity contribution is -0.274. The second kappa shape index (κ2) is 6.78. The quantitative estimate of drug-likeness (QED) is 0.392. The summed E-state index contributed by atoms with van der Waals surface area (Å²) >= 11 is 0. The van der Waals surface area contributed by atoms with Gasteiger partial charge in [0.25, 0.3) is 5.78 Å². The van der Waals surface area contributed by atoms with Crippen LogP contribution in [0.2, 0.25) is 0 Å². The minimum absolute atomic E-state index is 0.00263. The van der Waals surface area contributed by atoms with Gasteiger partial charge in [0.1, 0.15) is 11.5 Å². The fraction of sp³-hybridized carbons (Fsp3) is 0.231. The normalized spacial score (nSPS) is 11.9. The van der Waals surface area contributed by atoms with Gasteiger partial charge in [0.2, 0.25) is 0 Å². The molecule has 0 fully saturated rings. The van der Waals surface area contributed by atoms with Gasteiger partial charge in [-0.15, -0.1) is 13.2 Å². The fourth-order valence-corrected chi connectivity index (χ4v) is 1.30. The number of hydrogen-bond donors (Lipinski definition) is 1. The standard InChI is InChI=1S/C13H11F3O5/c1-2-20-12(19)11(18)7-10(17)8-3-5-9(6-4-8)21-13(14,15)16/h3-7,17H,2H2,1H3. The summed E-state index contributed by atoms with van der Waals surface area (Å²) in [4.78, 5) is 22.3. The van der Waals surface area contributed by atoms with Gasteiger partial charge in [0.15, 0.2) is 0 Å². The van der Waals surface area contributed by atoms with Crippen molar-refractivity contribution in [2.24, 2.45) is 0 Å². The number of alkyl halides is 3. The van der Waals surface area contributed by atoms with Crippen LogP contribution in [0.25, 0.3) is 5.76 Å². The Labute approximate surface area is 117 Å². The predicted octanol–water partition coefficient (Wildman–Crippen LogP) is 2.62. The molecule has 0 saturated carbocycles. The Bertz CT molecular complexity index is 546. The lowest BCUT2D eigenvalue weighted by Gasteiger charge is -2.09. The highest BCUT2D eigenvalue weighted by Crippen LogP contribution is 2.24. The van der Waals surface area contributed by atoms with Gasteiger partial charge in [-0.2, -0.15) is 0 Å². The molecule has 1 N–H and O–H groups in total. The molecule has 0 aliphatic heterocycles. The zero-order chi connectivity index (χ0) is 16.0. The third-order valence-corrected chi connectivity index (χ3v) is 2.13. The summed E-state index contributed by atoms with van der Waals surface area (Å²) in [5.41, 5.74) is 0.0437. The number of ketones is 1. The molecule has 0 aliphatic carbocycles. The van der Waals surface area contributed by atoms with E-state index < -0.39 is 29.6 Å². The molecule has 0 aliphatic rings. The zero-order valence-corrected chi connectivity index (χ0v) is 10.8. The highest BCUT2D eigenvalue weighted by molar-refractivity contribution is 6.39. The first-order chi connectivity index (χ1) is 9.73. The zero-order valence-electron chi connectivity index (χ0n) is 10.8. The lowest BCUT2D eigenvalue weighted by Crippen LogP contribution is -2.17. The van der Waals surface area contributed by atoms with Crippen molar-refractivity contribution in [3.8, 4) is 5.75 Å². The van der Waals surface area contributed by atoms with Crippen LogP contribution in [0.5, 0.6) is 5.75 Å². The Morgan fingerprint density at radius 1 is 1.24 bits per heavy atom. The maximum Gasteiger partial charge on any atom is 0.573 e. The Morgan fingerprint density at radius 2 is 1.81 bits per heavy atom. The first kappa shape index (κ1) is 16.5. The molecule has 21 heavy (non-hydrogen) atoms. The molecule has 0 bridgehead atoms. The summed E-state index contributed by atoms with van der Waals surface area (Å²) in [5.74, 6) is -3.27. The third-order valence-electron chi connectivity index (χ3n) is 2.13. The van der Waals surface area contributed by atoms with Crippen LogP contribution < -0.4 is 4.74 Å². The first-order valence-corrected chi connectivity index (χ1v) is 5.71. The van der Waals surface area contributed by atoms with E-state index in [1.54, 1.807) is 0 Å². The molecule has 114 valence electrons. The van der Waals surface area contributed by atoms with E-state index in [4.69, 9.17) is 0 Å². The van der Waals surface area contributed by atoms with Gasteiger partial charge in [-0.25, -0.2) is 4.79 Å². The van der Waals surface area contributed by atoms with E-state index in [0.717, 1.165) is 24.3 Å². The SMILES string of the molecule is CCOC(=O)C(=O)C=C(O)c1ccc(OC(F)(F)F)cc1. The number of aliphatic hydroxyl groups is 1. The van der Waals surface area contributed by atoms with Crippen LogP contribution in [0, 0.1) is 0 Å². The molecule has 0 spiro atoms. The van der Waals surface area contributed by atoms with Crippen LogP contribution in [0.3, 0.4) is 0 Å². The number of halogens is 3. The number of rotatable bonds is 5. The minimum Gasteiger partial charge on any atom is -0.507 e. The number of carbonyl (C=O) groups is 2. The average Bonchev–Trinajstić information content (AvgIpc) is 2.37. The fourth-order valence-electron chi connectivity index (χ4n) is 1.30. The van der Waals surface area contributed by atoms with Gasteiger partial charge in [0.05, 0.1) is 6.61 Å². The van der Waals surface area contributed by atoms with Gasteiger partial charge in [-0.3, -0.25) is 4.79 Å². The van der Waals surface area contributed by atoms with Crippen molar-refractivity contribution in [3.05, 3.63) is 35.9 Å². The summed E-state index contributed by atoms with van der Waals surface area (Å²) in [6.07, 6.45) is -4.20. The topological polar surface area (TPSA) is 72.8 Å². The number of ether oxygens (including phenoxy) is 2. The Morgan fingerprint density at radius 3 is 2.29 bits per heavy atom. The van der Waals surface area contributed by atoms with Crippen molar-refractivity contribution in [2.45, 2.75) is 13.3 Å². The van der Waals surface area contributed by atoms with E-state index in [0.29, 0.717) is 6.08 Å². The van der Waals surface area contributed by atoms with Crippen LogP contribution in [-0.2, 0) is 14.3 Å². The average molecular weight is 304 g/mol. The highest BCUT2D eigenvalue weighted by Gasteiger charge is 2.31. The second-order valence-electron chi connectivity index (χ2n) is 3.69. The smallest absolute Gasteiger partial charge is 0.507 e. The first-order valence-electron chi connectivity index (χ1n) is 5.71. The van der Waals surface area contributed by atoms with Crippen LogP contribution in [0.4, 0.5) is 13.2 Å². The summed E-state index contributed by atoms with van der Waals surface area (Å²) in [7, 11) is 0. The third kappa shape index (κ3) is 5.55. The molecule has 0 heterocycles. The molecule has 1 rings (SSSR count). The molecule has 1 aromatic carbocycles. The van der Waals surface area contributed by atoms with Gasteiger partial charge >= 0.3 is 12.3 Å². The van der Waals surface area contributed by atoms with Crippen LogP contribution in [0.15, 0.2) is 30.3 Å². The summed E-state index contributed by atoms with van der Waals surface area (Å²) in [6.45, 7) is 1.51. The van der Waals surface area contributed by atoms with Crippen LogP contribution in [-0.4, -0.2) is 29.8 Å². The van der Waals surface area contributed by atoms with Gasteiger partial charge < -0.3 is 14.6 Å². The maximum absolute atomic E-state index is 12.0. The van der Waals surface area contributed by atoms with Crippen LogP contribution >= 0.6 is 0 Å². The van der Waals surface area contributed by atoms with Crippen molar-refractivity contribution in [3.63, 3.8) is 0 Å². The molecular formula is C13H11F3O5. The van der Waals surface area contributed by atoms with Crippen molar-refractivity contribution in [2.75, 3.05) is 6.61 Å². The van der Waals surface area contributed by atoms with Gasteiger partial charge in [0, 0.05) is 11.6 Å². The van der Waals surface area contributed by atoms with E-state index in [1.165, 1.54) is 6.92 Å². The Balaban J connectivity index is 2.81. The second-order valence-corrected chi connectivity index (χ2v) is 3.69. The molecule has 5 nitrogen and oxygen atoms in total. The van der Waals surface area contributed by atoms with Crippen molar-refractivity contribution >= 4 is 17.5 Å². The van der Waals surface area contributed by atoms with Gasteiger partial charge in [-0.05, 0) is 31.2 Å². The summed E-state index contributed by atoms with van der Waals surface area (Å²) in [5, 5.41) is 9.60. The molecule has 0 radical (unpaired) electrons.